The Morgan fingerprint density at radius 2 is 1.12 bits per heavy atom. The summed E-state index contributed by atoms with van der Waals surface area (Å²) in [7, 11) is 0. The van der Waals surface area contributed by atoms with Crippen molar-refractivity contribution < 1.29 is 4.42 Å². The zero-order chi connectivity index (χ0) is 46.2. The molecule has 5 heteroatoms. The van der Waals surface area contributed by atoms with E-state index in [4.69, 9.17) is 4.42 Å². The van der Waals surface area contributed by atoms with Crippen LogP contribution < -0.4 is 25.5 Å². The molecule has 4 heterocycles. The van der Waals surface area contributed by atoms with Gasteiger partial charge in [-0.1, -0.05) is 141 Å². The SMILES string of the molecule is Cc1cc2c3c(c1)N(c1c(C)cc(C(C)(C)C)cc1C)c1c(sc4ccc(C(C)(C)C)cc14)B3c1cc(-c3cc4ccccc4o3)ccc1N2c1ccc(C(C)(C)C)cc1-c1ccccc1. The minimum Gasteiger partial charge on any atom is -0.456 e. The van der Waals surface area contributed by atoms with Crippen LogP contribution in [-0.4, -0.2) is 6.71 Å². The highest BCUT2D eigenvalue weighted by Crippen LogP contribution is 2.52. The molecule has 0 spiro atoms. The molecule has 0 amide bonds. The smallest absolute Gasteiger partial charge is 0.264 e. The van der Waals surface area contributed by atoms with E-state index in [1.165, 1.54) is 104 Å². The van der Waals surface area contributed by atoms with Crippen LogP contribution in [0.5, 0.6) is 0 Å². The molecule has 0 aliphatic carbocycles. The Hall–Kier alpha value is -6.30. The second-order valence-corrected chi connectivity index (χ2v) is 23.2. The van der Waals surface area contributed by atoms with Crippen LogP contribution in [0, 0.1) is 20.8 Å². The molecule has 11 rings (SSSR count). The largest absolute Gasteiger partial charge is 0.456 e. The first kappa shape index (κ1) is 42.3. The van der Waals surface area contributed by atoms with Gasteiger partial charge in [0.25, 0.3) is 6.71 Å². The van der Waals surface area contributed by atoms with Gasteiger partial charge in [-0.05, 0) is 148 Å². The standard InChI is InChI=1S/C61H59BN2OS/c1-36-28-50-55-51(29-36)64(56-37(2)30-44(31-38(56)3)61(10,11)12)57-46-35-43(60(7,8)9)24-27-54(46)66-58(57)62(55)47-32-41(53-33-40-20-16-17-21-52(40)65-53)22-25-49(47)63(50)48-26-23-42(59(4,5)6)34-45(48)39-18-14-13-15-19-39/h13-35H,1-12H3. The van der Waals surface area contributed by atoms with Gasteiger partial charge in [0, 0.05) is 48.4 Å². The van der Waals surface area contributed by atoms with E-state index >= 15 is 0 Å². The van der Waals surface area contributed by atoms with Crippen molar-refractivity contribution in [1.29, 1.82) is 0 Å². The maximum atomic E-state index is 6.65. The third kappa shape index (κ3) is 6.76. The van der Waals surface area contributed by atoms with E-state index in [1.54, 1.807) is 0 Å². The van der Waals surface area contributed by atoms with Gasteiger partial charge in [0.05, 0.1) is 17.1 Å². The van der Waals surface area contributed by atoms with Gasteiger partial charge in [0.2, 0.25) is 0 Å². The molecule has 2 aromatic heterocycles. The second-order valence-electron chi connectivity index (χ2n) is 22.1. The predicted molar refractivity (Wildman–Crippen MR) is 287 cm³/mol. The van der Waals surface area contributed by atoms with Crippen LogP contribution in [0.2, 0.25) is 0 Å². The molecule has 2 aliphatic heterocycles. The average Bonchev–Trinajstić information content (AvgIpc) is 3.88. The molecule has 0 saturated carbocycles. The highest BCUT2D eigenvalue weighted by Gasteiger charge is 2.46. The zero-order valence-corrected chi connectivity index (χ0v) is 41.4. The first-order chi connectivity index (χ1) is 31.3. The summed E-state index contributed by atoms with van der Waals surface area (Å²) < 4.78 is 9.34. The molecule has 0 bridgehead atoms. The minimum atomic E-state index is -0.0311. The summed E-state index contributed by atoms with van der Waals surface area (Å²) in [6, 6.07) is 52.8. The van der Waals surface area contributed by atoms with Crippen LogP contribution in [0.15, 0.2) is 144 Å². The van der Waals surface area contributed by atoms with Gasteiger partial charge >= 0.3 is 0 Å². The number of furan rings is 1. The molecule has 0 fully saturated rings. The van der Waals surface area contributed by atoms with Crippen molar-refractivity contribution >= 4 is 88.9 Å². The molecular weight excluding hydrogens is 820 g/mol. The highest BCUT2D eigenvalue weighted by molar-refractivity contribution is 7.33. The molecule has 7 aromatic carbocycles. The lowest BCUT2D eigenvalue weighted by molar-refractivity contribution is 0.589. The first-order valence-corrected chi connectivity index (χ1v) is 24.4. The number of anilines is 6. The Bertz CT molecular complexity index is 3370. The number of para-hydroxylation sites is 1. The maximum Gasteiger partial charge on any atom is 0.264 e. The van der Waals surface area contributed by atoms with E-state index in [0.717, 1.165) is 22.3 Å². The summed E-state index contributed by atoms with van der Waals surface area (Å²) in [4.78, 5) is 5.26. The molecule has 0 saturated heterocycles. The van der Waals surface area contributed by atoms with Gasteiger partial charge in [-0.25, -0.2) is 0 Å². The van der Waals surface area contributed by atoms with Crippen molar-refractivity contribution in [3.05, 3.63) is 173 Å². The molecule has 0 radical (unpaired) electrons. The predicted octanol–water partition coefficient (Wildman–Crippen LogP) is 15.9. The Labute approximate surface area is 395 Å². The third-order valence-corrected chi connectivity index (χ3v) is 15.4. The molecule has 9 aromatic rings. The van der Waals surface area contributed by atoms with E-state index in [2.05, 4.69) is 232 Å². The summed E-state index contributed by atoms with van der Waals surface area (Å²) in [6.45, 7) is 27.8. The number of thiophene rings is 1. The maximum absolute atomic E-state index is 6.65. The topological polar surface area (TPSA) is 19.6 Å². The molecular formula is C61H59BN2OS. The molecule has 66 heavy (non-hydrogen) atoms. The molecule has 328 valence electrons. The summed E-state index contributed by atoms with van der Waals surface area (Å²) in [6.07, 6.45) is 0. The summed E-state index contributed by atoms with van der Waals surface area (Å²) in [5.74, 6) is 0.883. The lowest BCUT2D eigenvalue weighted by atomic mass is 9.36. The van der Waals surface area contributed by atoms with Crippen molar-refractivity contribution in [2.24, 2.45) is 0 Å². The van der Waals surface area contributed by atoms with E-state index in [9.17, 15) is 0 Å². The lowest BCUT2D eigenvalue weighted by Crippen LogP contribution is -2.60. The fraction of sp³-hybridized carbons (Fsp3) is 0.246. The Morgan fingerprint density at radius 3 is 1.80 bits per heavy atom. The highest BCUT2D eigenvalue weighted by atomic mass is 32.1. The number of aryl methyl sites for hydroxylation is 3. The van der Waals surface area contributed by atoms with Crippen LogP contribution in [-0.2, 0) is 16.2 Å². The van der Waals surface area contributed by atoms with Gasteiger partial charge in [-0.15, -0.1) is 11.3 Å². The summed E-state index contributed by atoms with van der Waals surface area (Å²) >= 11 is 1.97. The van der Waals surface area contributed by atoms with Crippen molar-refractivity contribution in [1.82, 2.24) is 0 Å². The van der Waals surface area contributed by atoms with Crippen LogP contribution in [0.1, 0.15) is 95.7 Å². The summed E-state index contributed by atoms with van der Waals surface area (Å²) in [5.41, 5.74) is 22.2. The quantitative estimate of drug-likeness (QED) is 0.164. The van der Waals surface area contributed by atoms with Gasteiger partial charge < -0.3 is 14.2 Å². The van der Waals surface area contributed by atoms with Crippen LogP contribution in [0.25, 0.3) is 43.5 Å². The van der Waals surface area contributed by atoms with Crippen LogP contribution in [0.4, 0.5) is 34.1 Å². The molecule has 0 N–H and O–H groups in total. The lowest BCUT2D eigenvalue weighted by Gasteiger charge is -2.44. The van der Waals surface area contributed by atoms with E-state index < -0.39 is 0 Å². The fourth-order valence-corrected chi connectivity index (χ4v) is 11.9. The molecule has 3 nitrogen and oxygen atoms in total. The zero-order valence-electron chi connectivity index (χ0n) is 40.6. The fourth-order valence-electron chi connectivity index (χ4n) is 10.6. The average molecular weight is 879 g/mol. The van der Waals surface area contributed by atoms with Crippen molar-refractivity contribution in [3.8, 4) is 22.5 Å². The van der Waals surface area contributed by atoms with Gasteiger partial charge in [-0.3, -0.25) is 0 Å². The second kappa shape index (κ2) is 14.9. The molecule has 0 unspecified atom stereocenters. The number of nitrogens with zero attached hydrogens (tertiary/aromatic N) is 2. The Balaban J connectivity index is 1.27. The Kier molecular flexibility index (Phi) is 9.53. The number of fused-ring (bicyclic) bond motifs is 7. The van der Waals surface area contributed by atoms with E-state index in [-0.39, 0.29) is 23.0 Å². The van der Waals surface area contributed by atoms with Crippen molar-refractivity contribution in [2.75, 3.05) is 9.80 Å². The number of benzene rings is 7. The number of hydrogen-bond donors (Lipinski definition) is 0. The van der Waals surface area contributed by atoms with Gasteiger partial charge in [0.1, 0.15) is 11.3 Å². The minimum absolute atomic E-state index is 0.0111. The normalized spacial score (nSPS) is 13.7. The van der Waals surface area contributed by atoms with Crippen LogP contribution in [0.3, 0.4) is 0 Å². The van der Waals surface area contributed by atoms with Crippen molar-refractivity contribution in [2.45, 2.75) is 99.3 Å². The van der Waals surface area contributed by atoms with Gasteiger partial charge in [-0.2, -0.15) is 0 Å². The third-order valence-electron chi connectivity index (χ3n) is 14.1. The van der Waals surface area contributed by atoms with Crippen molar-refractivity contribution in [3.63, 3.8) is 0 Å². The Morgan fingerprint density at radius 1 is 0.500 bits per heavy atom. The number of hydrogen-bond acceptors (Lipinski definition) is 4. The van der Waals surface area contributed by atoms with E-state index in [0.29, 0.717) is 0 Å². The monoisotopic (exact) mass is 878 g/mol. The summed E-state index contributed by atoms with van der Waals surface area (Å²) in [5, 5.41) is 2.43. The van der Waals surface area contributed by atoms with Crippen LogP contribution >= 0.6 is 11.3 Å². The molecule has 2 aliphatic rings. The number of rotatable bonds is 4. The van der Waals surface area contributed by atoms with Gasteiger partial charge in [0.15, 0.2) is 0 Å². The first-order valence-electron chi connectivity index (χ1n) is 23.6. The molecule has 0 atom stereocenters. The van der Waals surface area contributed by atoms with E-state index in [1.807, 2.05) is 11.3 Å².